The minimum Gasteiger partial charge on any atom is -0.343 e. The highest BCUT2D eigenvalue weighted by molar-refractivity contribution is 9.08. The molecule has 0 saturated heterocycles. The summed E-state index contributed by atoms with van der Waals surface area (Å²) < 4.78 is 13.7. The smallest absolute Gasteiger partial charge is 0.146 e. The minimum absolute atomic E-state index is 0.00185. The first-order chi connectivity index (χ1) is 7.72. The SMILES string of the molecule is N#CCN(CC#N)c1ccc(CBr)cc1F. The molecule has 82 valence electrons. The molecule has 1 rings (SSSR count). The second-order valence-electron chi connectivity index (χ2n) is 3.09. The molecule has 0 aliphatic rings. The third-order valence-electron chi connectivity index (χ3n) is 2.03. The van der Waals surface area contributed by atoms with Gasteiger partial charge in [0.25, 0.3) is 0 Å². The summed E-state index contributed by atoms with van der Waals surface area (Å²) in [6.45, 7) is -0.00369. The van der Waals surface area contributed by atoms with Crippen LogP contribution in [0.5, 0.6) is 0 Å². The van der Waals surface area contributed by atoms with E-state index < -0.39 is 5.82 Å². The Morgan fingerprint density at radius 3 is 2.31 bits per heavy atom. The Morgan fingerprint density at radius 2 is 1.88 bits per heavy atom. The zero-order chi connectivity index (χ0) is 12.0. The Labute approximate surface area is 102 Å². The molecule has 0 heterocycles. The molecule has 0 bridgehead atoms. The van der Waals surface area contributed by atoms with E-state index in [4.69, 9.17) is 10.5 Å². The highest BCUT2D eigenvalue weighted by atomic mass is 79.9. The van der Waals surface area contributed by atoms with E-state index in [1.807, 2.05) is 12.1 Å². The van der Waals surface area contributed by atoms with Crippen molar-refractivity contribution in [2.75, 3.05) is 18.0 Å². The van der Waals surface area contributed by atoms with E-state index in [0.717, 1.165) is 5.56 Å². The first-order valence-electron chi connectivity index (χ1n) is 4.56. The van der Waals surface area contributed by atoms with Crippen LogP contribution in [-0.2, 0) is 5.33 Å². The van der Waals surface area contributed by atoms with Crippen molar-refractivity contribution in [2.24, 2.45) is 0 Å². The van der Waals surface area contributed by atoms with Gasteiger partial charge in [0.2, 0.25) is 0 Å². The van der Waals surface area contributed by atoms with E-state index in [1.165, 1.54) is 11.0 Å². The number of hydrogen-bond acceptors (Lipinski definition) is 3. The van der Waals surface area contributed by atoms with Gasteiger partial charge in [0.15, 0.2) is 0 Å². The van der Waals surface area contributed by atoms with Crippen LogP contribution in [0.2, 0.25) is 0 Å². The molecule has 0 atom stereocenters. The molecule has 0 aliphatic heterocycles. The van der Waals surface area contributed by atoms with E-state index in [1.54, 1.807) is 12.1 Å². The first kappa shape index (κ1) is 12.5. The molecule has 0 N–H and O–H groups in total. The van der Waals surface area contributed by atoms with Gasteiger partial charge in [-0.25, -0.2) is 4.39 Å². The average molecular weight is 282 g/mol. The van der Waals surface area contributed by atoms with Gasteiger partial charge in [-0.15, -0.1) is 0 Å². The fourth-order valence-corrected chi connectivity index (χ4v) is 1.64. The quantitative estimate of drug-likeness (QED) is 0.630. The van der Waals surface area contributed by atoms with Gasteiger partial charge in [0, 0.05) is 5.33 Å². The molecule has 1 aromatic carbocycles. The molecule has 0 aromatic heterocycles. The predicted octanol–water partition coefficient (Wildman–Crippen LogP) is 2.57. The molecule has 5 heteroatoms. The van der Waals surface area contributed by atoms with Gasteiger partial charge in [0.1, 0.15) is 18.9 Å². The first-order valence-corrected chi connectivity index (χ1v) is 5.68. The average Bonchev–Trinajstić information content (AvgIpc) is 2.29. The number of benzene rings is 1. The van der Waals surface area contributed by atoms with Crippen LogP contribution in [0.1, 0.15) is 5.56 Å². The predicted molar refractivity (Wildman–Crippen MR) is 62.5 cm³/mol. The van der Waals surface area contributed by atoms with Gasteiger partial charge in [-0.2, -0.15) is 10.5 Å². The van der Waals surface area contributed by atoms with E-state index in [2.05, 4.69) is 15.9 Å². The number of anilines is 1. The number of rotatable bonds is 4. The normalized spacial score (nSPS) is 9.25. The molecule has 0 unspecified atom stereocenters. The van der Waals surface area contributed by atoms with Crippen molar-refractivity contribution < 1.29 is 4.39 Å². The number of hydrogen-bond donors (Lipinski definition) is 0. The van der Waals surface area contributed by atoms with Gasteiger partial charge < -0.3 is 4.90 Å². The lowest BCUT2D eigenvalue weighted by Crippen LogP contribution is -2.24. The molecule has 0 fully saturated rings. The standard InChI is InChI=1S/C11H9BrFN3/c12-8-9-1-2-11(10(13)7-9)16(5-3-14)6-4-15/h1-2,7H,5-6,8H2. The molecule has 0 spiro atoms. The largest absolute Gasteiger partial charge is 0.343 e. The zero-order valence-electron chi connectivity index (χ0n) is 8.45. The molecule has 0 amide bonds. The van der Waals surface area contributed by atoms with Crippen LogP contribution in [0.15, 0.2) is 18.2 Å². The zero-order valence-corrected chi connectivity index (χ0v) is 10.0. The number of alkyl halides is 1. The van der Waals surface area contributed by atoms with Crippen LogP contribution < -0.4 is 4.90 Å². The Balaban J connectivity index is 3.02. The van der Waals surface area contributed by atoms with Crippen molar-refractivity contribution in [1.82, 2.24) is 0 Å². The molecule has 16 heavy (non-hydrogen) atoms. The third kappa shape index (κ3) is 2.95. The van der Waals surface area contributed by atoms with E-state index in [-0.39, 0.29) is 18.8 Å². The summed E-state index contributed by atoms with van der Waals surface area (Å²) in [5, 5.41) is 17.7. The summed E-state index contributed by atoms with van der Waals surface area (Å²) in [6, 6.07) is 8.55. The summed E-state index contributed by atoms with van der Waals surface area (Å²) in [5.74, 6) is -0.414. The molecule has 0 radical (unpaired) electrons. The van der Waals surface area contributed by atoms with Crippen molar-refractivity contribution in [3.05, 3.63) is 29.6 Å². The van der Waals surface area contributed by atoms with Gasteiger partial charge in [-0.1, -0.05) is 22.0 Å². The number of nitrogens with zero attached hydrogens (tertiary/aromatic N) is 3. The summed E-state index contributed by atoms with van der Waals surface area (Å²) in [7, 11) is 0. The van der Waals surface area contributed by atoms with E-state index >= 15 is 0 Å². The second kappa shape index (κ2) is 6.09. The monoisotopic (exact) mass is 281 g/mol. The van der Waals surface area contributed by atoms with Gasteiger partial charge in [-0.05, 0) is 17.7 Å². The molecule has 0 saturated carbocycles. The van der Waals surface area contributed by atoms with Crippen LogP contribution in [0.25, 0.3) is 0 Å². The highest BCUT2D eigenvalue weighted by Crippen LogP contribution is 2.21. The second-order valence-corrected chi connectivity index (χ2v) is 3.65. The van der Waals surface area contributed by atoms with E-state index in [0.29, 0.717) is 5.33 Å². The number of nitriles is 2. The Bertz CT molecular complexity index is 432. The topological polar surface area (TPSA) is 50.8 Å². The van der Waals surface area contributed by atoms with Crippen LogP contribution >= 0.6 is 15.9 Å². The van der Waals surface area contributed by atoms with Crippen LogP contribution in [0.3, 0.4) is 0 Å². The fraction of sp³-hybridized carbons (Fsp3) is 0.273. The van der Waals surface area contributed by atoms with Crippen LogP contribution in [0.4, 0.5) is 10.1 Å². The Kier molecular flexibility index (Phi) is 4.75. The van der Waals surface area contributed by atoms with Gasteiger partial charge in [-0.3, -0.25) is 0 Å². The number of halogens is 2. The Morgan fingerprint density at radius 1 is 1.25 bits per heavy atom. The summed E-state index contributed by atoms with van der Waals surface area (Å²) in [6.07, 6.45) is 0. The van der Waals surface area contributed by atoms with Crippen molar-refractivity contribution >= 4 is 21.6 Å². The molecule has 1 aromatic rings. The summed E-state index contributed by atoms with van der Waals surface area (Å²) in [5.41, 5.74) is 1.10. The van der Waals surface area contributed by atoms with Crippen molar-refractivity contribution in [2.45, 2.75) is 5.33 Å². The van der Waals surface area contributed by atoms with Crippen molar-refractivity contribution in [3.8, 4) is 12.1 Å². The van der Waals surface area contributed by atoms with Gasteiger partial charge in [0.05, 0.1) is 17.8 Å². The van der Waals surface area contributed by atoms with Crippen LogP contribution in [-0.4, -0.2) is 13.1 Å². The Hall–Kier alpha value is -1.59. The maximum absolute atomic E-state index is 13.7. The van der Waals surface area contributed by atoms with Crippen molar-refractivity contribution in [1.29, 1.82) is 10.5 Å². The van der Waals surface area contributed by atoms with E-state index in [9.17, 15) is 4.39 Å². The van der Waals surface area contributed by atoms with Crippen LogP contribution in [0, 0.1) is 28.5 Å². The lowest BCUT2D eigenvalue weighted by molar-refractivity contribution is 0.622. The lowest BCUT2D eigenvalue weighted by Gasteiger charge is -2.18. The van der Waals surface area contributed by atoms with Crippen molar-refractivity contribution in [3.63, 3.8) is 0 Å². The molecule has 0 aliphatic carbocycles. The lowest BCUT2D eigenvalue weighted by atomic mass is 10.2. The summed E-state index contributed by atoms with van der Waals surface area (Å²) in [4.78, 5) is 1.40. The maximum atomic E-state index is 13.7. The molecule has 3 nitrogen and oxygen atoms in total. The minimum atomic E-state index is -0.414. The molecular weight excluding hydrogens is 273 g/mol. The highest BCUT2D eigenvalue weighted by Gasteiger charge is 2.11. The fourth-order valence-electron chi connectivity index (χ4n) is 1.29. The molecular formula is C11H9BrFN3. The maximum Gasteiger partial charge on any atom is 0.146 e. The third-order valence-corrected chi connectivity index (χ3v) is 2.68. The summed E-state index contributed by atoms with van der Waals surface area (Å²) >= 11 is 3.23. The van der Waals surface area contributed by atoms with Gasteiger partial charge >= 0.3 is 0 Å².